The molecule has 0 aliphatic carbocycles. The highest BCUT2D eigenvalue weighted by atomic mass is 15.1. The first-order chi connectivity index (χ1) is 9.33. The highest BCUT2D eigenvalue weighted by molar-refractivity contribution is 5.61. The van der Waals surface area contributed by atoms with Gasteiger partial charge in [0.2, 0.25) is 5.95 Å². The minimum atomic E-state index is 0.667. The summed E-state index contributed by atoms with van der Waals surface area (Å²) in [5.41, 5.74) is 2.38. The maximum atomic E-state index is 4.45. The average Bonchev–Trinajstić information content (AvgIpc) is 2.46. The van der Waals surface area contributed by atoms with Gasteiger partial charge in [0.1, 0.15) is 5.82 Å². The lowest BCUT2D eigenvalue weighted by atomic mass is 10.1. The Labute approximate surface area is 114 Å². The van der Waals surface area contributed by atoms with Crippen LogP contribution in [0, 0.1) is 0 Å². The van der Waals surface area contributed by atoms with Crippen LogP contribution in [0.5, 0.6) is 0 Å². The molecule has 4 heteroatoms. The Morgan fingerprint density at radius 3 is 2.74 bits per heavy atom. The second kappa shape index (κ2) is 6.73. The molecule has 2 rings (SSSR count). The molecule has 0 bridgehead atoms. The standard InChI is InChI=1S/C15H20N4/c1-3-10-16-15-17-11-9-14(19-15)18-13-8-6-5-7-12(13)4-2/h5-9,11H,3-4,10H2,1-2H3,(H2,16,17,18,19). The molecule has 1 aromatic heterocycles. The molecule has 0 saturated heterocycles. The van der Waals surface area contributed by atoms with Crippen molar-refractivity contribution in [1.29, 1.82) is 0 Å². The van der Waals surface area contributed by atoms with Crippen molar-refractivity contribution in [2.24, 2.45) is 0 Å². The van der Waals surface area contributed by atoms with Crippen molar-refractivity contribution < 1.29 is 0 Å². The number of benzene rings is 1. The van der Waals surface area contributed by atoms with E-state index in [4.69, 9.17) is 0 Å². The van der Waals surface area contributed by atoms with E-state index in [0.29, 0.717) is 5.95 Å². The fourth-order valence-corrected chi connectivity index (χ4v) is 1.84. The van der Waals surface area contributed by atoms with Gasteiger partial charge in [0.15, 0.2) is 0 Å². The summed E-state index contributed by atoms with van der Waals surface area (Å²) in [5.74, 6) is 1.48. The highest BCUT2D eigenvalue weighted by Gasteiger charge is 2.02. The first-order valence-electron chi connectivity index (χ1n) is 6.75. The molecule has 0 unspecified atom stereocenters. The number of nitrogens with zero attached hydrogens (tertiary/aromatic N) is 2. The van der Waals surface area contributed by atoms with Crippen LogP contribution in [0.2, 0.25) is 0 Å². The van der Waals surface area contributed by atoms with E-state index in [1.807, 2.05) is 12.1 Å². The second-order valence-electron chi connectivity index (χ2n) is 4.33. The third kappa shape index (κ3) is 3.68. The molecule has 100 valence electrons. The predicted octanol–water partition coefficient (Wildman–Crippen LogP) is 3.60. The summed E-state index contributed by atoms with van der Waals surface area (Å²) in [6.07, 6.45) is 3.82. The molecular weight excluding hydrogens is 236 g/mol. The minimum absolute atomic E-state index is 0.667. The molecule has 0 aliphatic rings. The minimum Gasteiger partial charge on any atom is -0.354 e. The number of para-hydroxylation sites is 1. The van der Waals surface area contributed by atoms with E-state index < -0.39 is 0 Å². The molecule has 0 saturated carbocycles. The van der Waals surface area contributed by atoms with Crippen LogP contribution in [0.25, 0.3) is 0 Å². The summed E-state index contributed by atoms with van der Waals surface area (Å²) in [7, 11) is 0. The van der Waals surface area contributed by atoms with Gasteiger partial charge < -0.3 is 10.6 Å². The van der Waals surface area contributed by atoms with Crippen LogP contribution < -0.4 is 10.6 Å². The van der Waals surface area contributed by atoms with Crippen molar-refractivity contribution in [2.45, 2.75) is 26.7 Å². The van der Waals surface area contributed by atoms with Gasteiger partial charge in [-0.25, -0.2) is 4.98 Å². The Balaban J connectivity index is 2.14. The molecule has 2 aromatic rings. The monoisotopic (exact) mass is 256 g/mol. The average molecular weight is 256 g/mol. The highest BCUT2D eigenvalue weighted by Crippen LogP contribution is 2.20. The molecule has 0 aliphatic heterocycles. The molecule has 2 N–H and O–H groups in total. The predicted molar refractivity (Wildman–Crippen MR) is 79.9 cm³/mol. The third-order valence-electron chi connectivity index (χ3n) is 2.85. The van der Waals surface area contributed by atoms with E-state index in [9.17, 15) is 0 Å². The van der Waals surface area contributed by atoms with Gasteiger partial charge in [-0.1, -0.05) is 32.0 Å². The van der Waals surface area contributed by atoms with Gasteiger partial charge in [-0.05, 0) is 30.5 Å². The fraction of sp³-hybridized carbons (Fsp3) is 0.333. The number of hydrogen-bond donors (Lipinski definition) is 2. The molecule has 0 radical (unpaired) electrons. The lowest BCUT2D eigenvalue weighted by Crippen LogP contribution is -2.05. The van der Waals surface area contributed by atoms with Crippen LogP contribution in [0.4, 0.5) is 17.5 Å². The second-order valence-corrected chi connectivity index (χ2v) is 4.33. The Hall–Kier alpha value is -2.10. The van der Waals surface area contributed by atoms with Gasteiger partial charge >= 0.3 is 0 Å². The maximum absolute atomic E-state index is 4.45. The fourth-order valence-electron chi connectivity index (χ4n) is 1.84. The summed E-state index contributed by atoms with van der Waals surface area (Å²) >= 11 is 0. The van der Waals surface area contributed by atoms with E-state index >= 15 is 0 Å². The molecule has 4 nitrogen and oxygen atoms in total. The van der Waals surface area contributed by atoms with Crippen molar-refractivity contribution in [2.75, 3.05) is 17.2 Å². The summed E-state index contributed by atoms with van der Waals surface area (Å²) in [6.45, 7) is 5.15. The number of aromatic nitrogens is 2. The van der Waals surface area contributed by atoms with Gasteiger partial charge in [0.25, 0.3) is 0 Å². The van der Waals surface area contributed by atoms with Crippen molar-refractivity contribution in [1.82, 2.24) is 9.97 Å². The van der Waals surface area contributed by atoms with Crippen molar-refractivity contribution in [3.63, 3.8) is 0 Å². The van der Waals surface area contributed by atoms with Gasteiger partial charge in [0, 0.05) is 18.4 Å². The molecule has 19 heavy (non-hydrogen) atoms. The van der Waals surface area contributed by atoms with Crippen LogP contribution >= 0.6 is 0 Å². The Kier molecular flexibility index (Phi) is 4.72. The maximum Gasteiger partial charge on any atom is 0.224 e. The van der Waals surface area contributed by atoms with Gasteiger partial charge in [-0.15, -0.1) is 0 Å². The normalized spacial score (nSPS) is 10.2. The van der Waals surface area contributed by atoms with Crippen LogP contribution in [-0.2, 0) is 6.42 Å². The first kappa shape index (κ1) is 13.3. The molecule has 0 amide bonds. The van der Waals surface area contributed by atoms with Crippen molar-refractivity contribution in [3.05, 3.63) is 42.1 Å². The molecule has 0 spiro atoms. The summed E-state index contributed by atoms with van der Waals surface area (Å²) in [5, 5.41) is 6.54. The quantitative estimate of drug-likeness (QED) is 0.829. The van der Waals surface area contributed by atoms with E-state index in [0.717, 1.165) is 30.9 Å². The van der Waals surface area contributed by atoms with Crippen molar-refractivity contribution >= 4 is 17.5 Å². The van der Waals surface area contributed by atoms with Crippen LogP contribution in [0.15, 0.2) is 36.5 Å². The zero-order valence-corrected chi connectivity index (χ0v) is 11.5. The number of rotatable bonds is 6. The molecule has 0 fully saturated rings. The van der Waals surface area contributed by atoms with Crippen LogP contribution in [-0.4, -0.2) is 16.5 Å². The van der Waals surface area contributed by atoms with Crippen molar-refractivity contribution in [3.8, 4) is 0 Å². The van der Waals surface area contributed by atoms with E-state index in [1.165, 1.54) is 5.56 Å². The van der Waals surface area contributed by atoms with Gasteiger partial charge in [-0.3, -0.25) is 0 Å². The molecular formula is C15H20N4. The summed E-state index contributed by atoms with van der Waals surface area (Å²) in [4.78, 5) is 8.65. The van der Waals surface area contributed by atoms with E-state index in [2.05, 4.69) is 52.6 Å². The van der Waals surface area contributed by atoms with Crippen LogP contribution in [0.1, 0.15) is 25.8 Å². The van der Waals surface area contributed by atoms with E-state index in [-0.39, 0.29) is 0 Å². The lowest BCUT2D eigenvalue weighted by Gasteiger charge is -2.11. The largest absolute Gasteiger partial charge is 0.354 e. The zero-order valence-electron chi connectivity index (χ0n) is 11.5. The summed E-state index contributed by atoms with van der Waals surface area (Å²) in [6, 6.07) is 10.2. The number of hydrogen-bond acceptors (Lipinski definition) is 4. The van der Waals surface area contributed by atoms with E-state index in [1.54, 1.807) is 6.20 Å². The Bertz CT molecular complexity index is 525. The summed E-state index contributed by atoms with van der Waals surface area (Å²) < 4.78 is 0. The number of nitrogens with one attached hydrogen (secondary N) is 2. The number of aryl methyl sites for hydroxylation is 1. The molecule has 1 aromatic carbocycles. The SMILES string of the molecule is CCCNc1nccc(Nc2ccccc2CC)n1. The Morgan fingerprint density at radius 1 is 1.11 bits per heavy atom. The van der Waals surface area contributed by atoms with Gasteiger partial charge in [-0.2, -0.15) is 4.98 Å². The Morgan fingerprint density at radius 2 is 1.95 bits per heavy atom. The van der Waals surface area contributed by atoms with Gasteiger partial charge in [0.05, 0.1) is 0 Å². The van der Waals surface area contributed by atoms with Crippen LogP contribution in [0.3, 0.4) is 0 Å². The lowest BCUT2D eigenvalue weighted by molar-refractivity contribution is 0.953. The molecule has 1 heterocycles. The number of anilines is 3. The first-order valence-corrected chi connectivity index (χ1v) is 6.75. The topological polar surface area (TPSA) is 49.8 Å². The zero-order chi connectivity index (χ0) is 13.5. The third-order valence-corrected chi connectivity index (χ3v) is 2.85. The molecule has 0 atom stereocenters. The smallest absolute Gasteiger partial charge is 0.224 e.